The molecule has 2 rings (SSSR count). The van der Waals surface area contributed by atoms with Crippen LogP contribution in [0.25, 0.3) is 0 Å². The van der Waals surface area contributed by atoms with Crippen LogP contribution in [0.5, 0.6) is 0 Å². The number of carbonyl (C=O) groups is 1. The monoisotopic (exact) mass is 297 g/mol. The minimum absolute atomic E-state index is 0.333. The zero-order valence-electron chi connectivity index (χ0n) is 9.96. The van der Waals surface area contributed by atoms with Crippen molar-refractivity contribution in [1.82, 2.24) is 4.98 Å². The molecule has 4 heteroatoms. The van der Waals surface area contributed by atoms with Gasteiger partial charge < -0.3 is 4.74 Å². The van der Waals surface area contributed by atoms with Gasteiger partial charge in [-0.3, -0.25) is 0 Å². The van der Waals surface area contributed by atoms with Crippen LogP contribution in [0.1, 0.15) is 47.9 Å². The number of fused-ring (bicyclic) bond motifs is 1. The summed E-state index contributed by atoms with van der Waals surface area (Å²) in [5, 5.41) is 0. The molecule has 0 aliphatic heterocycles. The maximum absolute atomic E-state index is 11.7. The van der Waals surface area contributed by atoms with Crippen molar-refractivity contribution in [3.63, 3.8) is 0 Å². The number of rotatable bonds is 2. The Labute approximate surface area is 110 Å². The molecule has 0 unspecified atom stereocenters. The third-order valence-electron chi connectivity index (χ3n) is 2.98. The molecule has 0 amide bonds. The third-order valence-corrected chi connectivity index (χ3v) is 3.69. The number of aromatic nitrogens is 1. The fourth-order valence-corrected chi connectivity index (χ4v) is 2.79. The Balaban J connectivity index is 2.35. The maximum Gasteiger partial charge on any atom is 0.356 e. The summed E-state index contributed by atoms with van der Waals surface area (Å²) >= 11 is 3.54. The number of carbonyl (C=O) groups excluding carboxylic acids is 1. The second-order valence-electron chi connectivity index (χ2n) is 4.20. The van der Waals surface area contributed by atoms with Gasteiger partial charge in [-0.1, -0.05) is 22.4 Å². The van der Waals surface area contributed by atoms with E-state index in [2.05, 4.69) is 20.9 Å². The highest BCUT2D eigenvalue weighted by molar-refractivity contribution is 9.10. The molecule has 0 saturated heterocycles. The average molecular weight is 298 g/mol. The minimum atomic E-state index is -0.333. The van der Waals surface area contributed by atoms with Crippen molar-refractivity contribution in [3.05, 3.63) is 27.5 Å². The molecule has 0 atom stereocenters. The van der Waals surface area contributed by atoms with Crippen LogP contribution in [0, 0.1) is 0 Å². The van der Waals surface area contributed by atoms with E-state index in [0.717, 1.165) is 29.4 Å². The summed E-state index contributed by atoms with van der Waals surface area (Å²) in [7, 11) is 0. The van der Waals surface area contributed by atoms with Gasteiger partial charge in [0.15, 0.2) is 0 Å². The highest BCUT2D eigenvalue weighted by Gasteiger charge is 2.17. The van der Waals surface area contributed by atoms with Crippen LogP contribution in [0.3, 0.4) is 0 Å². The van der Waals surface area contributed by atoms with Crippen LogP contribution in [0.15, 0.2) is 10.5 Å². The number of esters is 1. The van der Waals surface area contributed by atoms with Gasteiger partial charge in [0.2, 0.25) is 0 Å². The Morgan fingerprint density at radius 1 is 1.41 bits per heavy atom. The summed E-state index contributed by atoms with van der Waals surface area (Å²) in [6.45, 7) is 2.19. The summed E-state index contributed by atoms with van der Waals surface area (Å²) in [5.74, 6) is -0.333. The molecular formula is C13H16BrNO2. The maximum atomic E-state index is 11.7. The lowest BCUT2D eigenvalue weighted by molar-refractivity contribution is 0.0519. The number of hydrogen-bond acceptors (Lipinski definition) is 3. The molecule has 0 bridgehead atoms. The molecular weight excluding hydrogens is 282 g/mol. The molecule has 1 aliphatic carbocycles. The zero-order valence-corrected chi connectivity index (χ0v) is 11.5. The van der Waals surface area contributed by atoms with E-state index in [9.17, 15) is 4.79 Å². The van der Waals surface area contributed by atoms with Crippen molar-refractivity contribution in [2.24, 2.45) is 0 Å². The molecule has 1 heterocycles. The molecule has 92 valence electrons. The number of halogens is 1. The van der Waals surface area contributed by atoms with Crippen LogP contribution < -0.4 is 0 Å². The quantitative estimate of drug-likeness (QED) is 0.621. The van der Waals surface area contributed by atoms with Gasteiger partial charge in [0.05, 0.1) is 6.61 Å². The molecule has 1 aromatic heterocycles. The molecule has 3 nitrogen and oxygen atoms in total. The standard InChI is InChI=1S/C13H16BrNO2/c1-2-17-13(16)12-8-10(14)9-6-4-3-5-7-11(9)15-12/h8H,2-7H2,1H3. The smallest absolute Gasteiger partial charge is 0.356 e. The highest BCUT2D eigenvalue weighted by Crippen LogP contribution is 2.27. The molecule has 17 heavy (non-hydrogen) atoms. The third kappa shape index (κ3) is 2.86. The molecule has 0 saturated carbocycles. The van der Waals surface area contributed by atoms with Crippen molar-refractivity contribution in [2.45, 2.75) is 39.0 Å². The summed E-state index contributed by atoms with van der Waals surface area (Å²) in [6, 6.07) is 1.78. The molecule has 0 aromatic carbocycles. The normalized spacial score (nSPS) is 14.9. The molecule has 0 N–H and O–H groups in total. The van der Waals surface area contributed by atoms with Crippen LogP contribution in [0.4, 0.5) is 0 Å². The van der Waals surface area contributed by atoms with Crippen LogP contribution in [-0.2, 0) is 17.6 Å². The summed E-state index contributed by atoms with van der Waals surface area (Å²) in [4.78, 5) is 16.1. The lowest BCUT2D eigenvalue weighted by Crippen LogP contribution is -2.10. The van der Waals surface area contributed by atoms with Gasteiger partial charge in [-0.05, 0) is 44.2 Å². The van der Waals surface area contributed by atoms with E-state index in [1.807, 2.05) is 0 Å². The van der Waals surface area contributed by atoms with Gasteiger partial charge in [-0.15, -0.1) is 0 Å². The Hall–Kier alpha value is -0.900. The van der Waals surface area contributed by atoms with Gasteiger partial charge in [0.1, 0.15) is 5.69 Å². The van der Waals surface area contributed by atoms with Crippen LogP contribution in [0.2, 0.25) is 0 Å². The van der Waals surface area contributed by atoms with E-state index in [1.165, 1.54) is 18.4 Å². The SMILES string of the molecule is CCOC(=O)c1cc(Br)c2c(n1)CCCCC2. The Kier molecular flexibility index (Phi) is 4.15. The van der Waals surface area contributed by atoms with Crippen molar-refractivity contribution in [3.8, 4) is 0 Å². The summed E-state index contributed by atoms with van der Waals surface area (Å²) in [5.41, 5.74) is 2.73. The highest BCUT2D eigenvalue weighted by atomic mass is 79.9. The summed E-state index contributed by atoms with van der Waals surface area (Å²) in [6.07, 6.45) is 5.59. The molecule has 0 radical (unpaired) electrons. The van der Waals surface area contributed by atoms with E-state index in [1.54, 1.807) is 13.0 Å². The van der Waals surface area contributed by atoms with Crippen molar-refractivity contribution in [2.75, 3.05) is 6.61 Å². The number of pyridine rings is 1. The van der Waals surface area contributed by atoms with E-state index < -0.39 is 0 Å². The molecule has 0 spiro atoms. The van der Waals surface area contributed by atoms with E-state index in [-0.39, 0.29) is 5.97 Å². The number of ether oxygens (including phenoxy) is 1. The lowest BCUT2D eigenvalue weighted by atomic mass is 10.1. The average Bonchev–Trinajstić information content (AvgIpc) is 2.54. The first-order valence-electron chi connectivity index (χ1n) is 6.07. The van der Waals surface area contributed by atoms with Gasteiger partial charge in [0, 0.05) is 10.2 Å². The van der Waals surface area contributed by atoms with Gasteiger partial charge >= 0.3 is 5.97 Å². The first kappa shape index (κ1) is 12.6. The zero-order chi connectivity index (χ0) is 12.3. The largest absolute Gasteiger partial charge is 0.461 e. The Bertz CT molecular complexity index is 432. The van der Waals surface area contributed by atoms with Crippen LogP contribution in [-0.4, -0.2) is 17.6 Å². The lowest BCUT2D eigenvalue weighted by Gasteiger charge is -2.09. The van der Waals surface area contributed by atoms with Gasteiger partial charge in [-0.2, -0.15) is 0 Å². The Morgan fingerprint density at radius 3 is 2.94 bits per heavy atom. The first-order chi connectivity index (χ1) is 8.22. The molecule has 1 aliphatic rings. The predicted octanol–water partition coefficient (Wildman–Crippen LogP) is 3.29. The second kappa shape index (κ2) is 5.63. The fraction of sp³-hybridized carbons (Fsp3) is 0.538. The minimum Gasteiger partial charge on any atom is -0.461 e. The van der Waals surface area contributed by atoms with E-state index >= 15 is 0 Å². The van der Waals surface area contributed by atoms with Gasteiger partial charge in [0.25, 0.3) is 0 Å². The van der Waals surface area contributed by atoms with Crippen molar-refractivity contribution >= 4 is 21.9 Å². The van der Waals surface area contributed by atoms with Crippen molar-refractivity contribution in [1.29, 1.82) is 0 Å². The number of hydrogen-bond donors (Lipinski definition) is 0. The van der Waals surface area contributed by atoms with E-state index in [0.29, 0.717) is 12.3 Å². The number of aryl methyl sites for hydroxylation is 1. The molecule has 1 aromatic rings. The predicted molar refractivity (Wildman–Crippen MR) is 69.2 cm³/mol. The topological polar surface area (TPSA) is 39.2 Å². The second-order valence-corrected chi connectivity index (χ2v) is 5.05. The first-order valence-corrected chi connectivity index (χ1v) is 6.87. The van der Waals surface area contributed by atoms with Crippen LogP contribution >= 0.6 is 15.9 Å². The van der Waals surface area contributed by atoms with Crippen molar-refractivity contribution < 1.29 is 9.53 Å². The van der Waals surface area contributed by atoms with Gasteiger partial charge in [-0.25, -0.2) is 9.78 Å². The Morgan fingerprint density at radius 2 is 2.18 bits per heavy atom. The summed E-state index contributed by atoms with van der Waals surface area (Å²) < 4.78 is 5.98. The fourth-order valence-electron chi connectivity index (χ4n) is 2.14. The van der Waals surface area contributed by atoms with E-state index in [4.69, 9.17) is 4.74 Å². The number of nitrogens with zero attached hydrogens (tertiary/aromatic N) is 1. The molecule has 0 fully saturated rings.